The summed E-state index contributed by atoms with van der Waals surface area (Å²) in [4.78, 5) is 28.0. The lowest BCUT2D eigenvalue weighted by atomic mass is 10.1. The van der Waals surface area contributed by atoms with Gasteiger partial charge in [0.15, 0.2) is 15.6 Å². The van der Waals surface area contributed by atoms with Gasteiger partial charge in [0.2, 0.25) is 0 Å². The molecular formula is C19H18ClN3O5S. The number of phenols is 1. The summed E-state index contributed by atoms with van der Waals surface area (Å²) < 4.78 is 23.8. The smallest absolute Gasteiger partial charge is 0.253 e. The van der Waals surface area contributed by atoms with Crippen LogP contribution in [0.3, 0.4) is 0 Å². The summed E-state index contributed by atoms with van der Waals surface area (Å²) in [5.74, 6) is -0.629. The number of hydrogen-bond donors (Lipinski definition) is 3. The normalized spacial score (nSPS) is 12.7. The molecule has 3 aromatic rings. The lowest BCUT2D eigenvalue weighted by Gasteiger charge is -2.21. The Hall–Kier alpha value is -2.91. The second-order valence-corrected chi connectivity index (χ2v) is 8.80. The first kappa shape index (κ1) is 20.8. The third-order valence-corrected chi connectivity index (χ3v) is 5.98. The molecule has 0 aliphatic carbocycles. The summed E-state index contributed by atoms with van der Waals surface area (Å²) in [6, 6.07) is 7.66. The molecule has 3 rings (SSSR count). The lowest BCUT2D eigenvalue weighted by Crippen LogP contribution is -2.37. The van der Waals surface area contributed by atoms with Crippen molar-refractivity contribution in [2.45, 2.75) is 24.3 Å². The third kappa shape index (κ3) is 3.96. The summed E-state index contributed by atoms with van der Waals surface area (Å²) in [5, 5.41) is 15.8. The molecule has 0 unspecified atom stereocenters. The molecule has 2 aromatic carbocycles. The number of benzene rings is 1. The van der Waals surface area contributed by atoms with E-state index in [1.807, 2.05) is 13.0 Å². The average Bonchev–Trinajstić information content (AvgIpc) is 2.68. The average molecular weight is 436 g/mol. The number of aromatic hydroxyl groups is 1. The highest BCUT2D eigenvalue weighted by Crippen LogP contribution is 2.38. The van der Waals surface area contributed by atoms with Crippen LogP contribution in [-0.4, -0.2) is 24.8 Å². The zero-order chi connectivity index (χ0) is 21.3. The minimum atomic E-state index is -3.82. The van der Waals surface area contributed by atoms with Crippen LogP contribution in [0.5, 0.6) is 5.75 Å². The van der Waals surface area contributed by atoms with E-state index in [-0.39, 0.29) is 28.1 Å². The molecule has 0 saturated carbocycles. The third-order valence-electron chi connectivity index (χ3n) is 4.40. The molecule has 0 bridgehead atoms. The van der Waals surface area contributed by atoms with Crippen molar-refractivity contribution in [1.82, 2.24) is 4.98 Å². The molecule has 1 aromatic heterocycles. The fraction of sp³-hybridized carbons (Fsp3) is 0.211. The molecule has 0 saturated heterocycles. The standard InChI is InChI=1S/C19H18ClN3O5S/c1-3-11(12-6-4-5-9-21-12)22-14-15(18(26)17(14)25)23-13-8-7-10(20)19(16(13)24)29(2,27)28/h4-9,11,22-24H,3H2,1-2H3/t11-/m1/s1. The van der Waals surface area contributed by atoms with E-state index >= 15 is 0 Å². The van der Waals surface area contributed by atoms with Gasteiger partial charge in [-0.1, -0.05) is 24.6 Å². The Morgan fingerprint density at radius 1 is 1.14 bits per heavy atom. The van der Waals surface area contributed by atoms with E-state index in [1.54, 1.807) is 18.3 Å². The van der Waals surface area contributed by atoms with Crippen molar-refractivity contribution < 1.29 is 13.5 Å². The molecule has 8 nitrogen and oxygen atoms in total. The first-order chi connectivity index (χ1) is 13.6. The first-order valence-corrected chi connectivity index (χ1v) is 10.9. The van der Waals surface area contributed by atoms with E-state index in [0.29, 0.717) is 12.1 Å². The van der Waals surface area contributed by atoms with E-state index < -0.39 is 31.3 Å². The maximum absolute atomic E-state index is 12.1. The highest BCUT2D eigenvalue weighted by Gasteiger charge is 2.26. The van der Waals surface area contributed by atoms with Crippen molar-refractivity contribution in [3.8, 4) is 5.75 Å². The number of halogens is 1. The Morgan fingerprint density at radius 3 is 2.41 bits per heavy atom. The zero-order valence-electron chi connectivity index (χ0n) is 15.6. The zero-order valence-corrected chi connectivity index (χ0v) is 17.1. The molecule has 0 radical (unpaired) electrons. The molecule has 10 heteroatoms. The summed E-state index contributed by atoms with van der Waals surface area (Å²) >= 11 is 5.89. The Kier molecular flexibility index (Phi) is 5.63. The van der Waals surface area contributed by atoms with E-state index in [2.05, 4.69) is 15.6 Å². The largest absolute Gasteiger partial charge is 0.504 e. The maximum Gasteiger partial charge on any atom is 0.253 e. The van der Waals surface area contributed by atoms with Crippen molar-refractivity contribution >= 4 is 38.5 Å². The molecule has 0 fully saturated rings. The van der Waals surface area contributed by atoms with Gasteiger partial charge in [0.1, 0.15) is 16.3 Å². The molecule has 29 heavy (non-hydrogen) atoms. The number of hydrogen-bond acceptors (Lipinski definition) is 8. The lowest BCUT2D eigenvalue weighted by molar-refractivity contribution is 0.461. The van der Waals surface area contributed by atoms with Crippen LogP contribution < -0.4 is 21.5 Å². The fourth-order valence-electron chi connectivity index (χ4n) is 2.92. The van der Waals surface area contributed by atoms with Gasteiger partial charge in [-0.3, -0.25) is 14.6 Å². The molecule has 0 aliphatic heterocycles. The van der Waals surface area contributed by atoms with Crippen molar-refractivity contribution in [2.75, 3.05) is 16.9 Å². The number of pyridine rings is 1. The second kappa shape index (κ2) is 7.84. The molecule has 3 N–H and O–H groups in total. The van der Waals surface area contributed by atoms with Crippen LogP contribution in [0, 0.1) is 0 Å². The topological polar surface area (TPSA) is 125 Å². The monoisotopic (exact) mass is 435 g/mol. The minimum absolute atomic E-state index is 0.0442. The van der Waals surface area contributed by atoms with Gasteiger partial charge < -0.3 is 15.7 Å². The molecule has 0 amide bonds. The van der Waals surface area contributed by atoms with Crippen molar-refractivity contribution in [1.29, 1.82) is 0 Å². The van der Waals surface area contributed by atoms with Crippen LogP contribution in [-0.2, 0) is 9.84 Å². The molecule has 0 spiro atoms. The van der Waals surface area contributed by atoms with Gasteiger partial charge in [-0.25, -0.2) is 8.42 Å². The number of rotatable bonds is 7. The molecule has 0 aliphatic rings. The van der Waals surface area contributed by atoms with E-state index in [0.717, 1.165) is 6.26 Å². The van der Waals surface area contributed by atoms with Gasteiger partial charge in [0, 0.05) is 12.5 Å². The number of aromatic nitrogens is 1. The molecule has 152 valence electrons. The minimum Gasteiger partial charge on any atom is -0.504 e. The summed E-state index contributed by atoms with van der Waals surface area (Å²) in [5.41, 5.74) is -0.875. The van der Waals surface area contributed by atoms with Gasteiger partial charge in [-0.2, -0.15) is 0 Å². The Morgan fingerprint density at radius 2 is 1.83 bits per heavy atom. The van der Waals surface area contributed by atoms with Gasteiger partial charge in [0.25, 0.3) is 10.9 Å². The van der Waals surface area contributed by atoms with Gasteiger partial charge in [-0.05, 0) is 30.7 Å². The SMILES string of the molecule is CC[C@@H](Nc1c(Nc2ccc(Cl)c(S(C)(=O)=O)c2O)c(=O)c1=O)c1ccccn1. The predicted molar refractivity (Wildman–Crippen MR) is 112 cm³/mol. The van der Waals surface area contributed by atoms with Gasteiger partial charge in [0.05, 0.1) is 22.4 Å². The van der Waals surface area contributed by atoms with Crippen LogP contribution in [0.2, 0.25) is 5.02 Å². The van der Waals surface area contributed by atoms with Crippen LogP contribution >= 0.6 is 11.6 Å². The van der Waals surface area contributed by atoms with E-state index in [4.69, 9.17) is 11.6 Å². The highest BCUT2D eigenvalue weighted by atomic mass is 35.5. The van der Waals surface area contributed by atoms with Crippen molar-refractivity contribution in [3.63, 3.8) is 0 Å². The van der Waals surface area contributed by atoms with Crippen molar-refractivity contribution in [3.05, 3.63) is 67.7 Å². The van der Waals surface area contributed by atoms with Gasteiger partial charge >= 0.3 is 0 Å². The second-order valence-electron chi connectivity index (χ2n) is 6.44. The Balaban J connectivity index is 1.97. The quantitative estimate of drug-likeness (QED) is 0.382. The highest BCUT2D eigenvalue weighted by molar-refractivity contribution is 7.91. The summed E-state index contributed by atoms with van der Waals surface area (Å²) in [7, 11) is -3.82. The van der Waals surface area contributed by atoms with Crippen LogP contribution in [0.1, 0.15) is 25.1 Å². The van der Waals surface area contributed by atoms with E-state index in [9.17, 15) is 23.1 Å². The maximum atomic E-state index is 12.1. The number of nitrogens with zero attached hydrogens (tertiary/aromatic N) is 1. The summed E-state index contributed by atoms with van der Waals surface area (Å²) in [6.45, 7) is 1.90. The molecule has 1 heterocycles. The van der Waals surface area contributed by atoms with Crippen LogP contribution in [0.4, 0.5) is 17.1 Å². The first-order valence-electron chi connectivity index (χ1n) is 8.64. The molecule has 1 atom stereocenters. The predicted octanol–water partition coefficient (Wildman–Crippen LogP) is 2.75. The van der Waals surface area contributed by atoms with Crippen LogP contribution in [0.15, 0.2) is 51.0 Å². The van der Waals surface area contributed by atoms with Crippen molar-refractivity contribution in [2.24, 2.45) is 0 Å². The number of anilines is 3. The number of phenolic OH excluding ortho intramolecular Hbond substituents is 1. The van der Waals surface area contributed by atoms with Crippen LogP contribution in [0.25, 0.3) is 0 Å². The summed E-state index contributed by atoms with van der Waals surface area (Å²) in [6.07, 6.45) is 3.12. The molecular weight excluding hydrogens is 418 g/mol. The number of sulfone groups is 1. The fourth-order valence-corrected chi connectivity index (χ4v) is 4.38. The van der Waals surface area contributed by atoms with E-state index in [1.165, 1.54) is 12.1 Å². The Bertz CT molecular complexity index is 1240. The van der Waals surface area contributed by atoms with Gasteiger partial charge in [-0.15, -0.1) is 0 Å². The Labute approximate surface area is 171 Å². The number of nitrogens with one attached hydrogen (secondary N) is 2.